The molecule has 0 aromatic heterocycles. The normalized spacial score (nSPS) is 25.9. The fraction of sp³-hybridized carbons (Fsp3) is 0.647. The summed E-state index contributed by atoms with van der Waals surface area (Å²) >= 11 is 0. The Bertz CT molecular complexity index is 478. The summed E-state index contributed by atoms with van der Waals surface area (Å²) in [6.45, 7) is 6.15. The summed E-state index contributed by atoms with van der Waals surface area (Å²) in [5.41, 5.74) is 2.75. The molecule has 3 heteroatoms. The average Bonchev–Trinajstić information content (AvgIpc) is 2.77. The van der Waals surface area contributed by atoms with Gasteiger partial charge in [-0.3, -0.25) is 0 Å². The minimum absolute atomic E-state index is 0.108. The molecule has 0 bridgehead atoms. The Morgan fingerprint density at radius 3 is 2.85 bits per heavy atom. The Hall–Kier alpha value is -1.06. The zero-order chi connectivity index (χ0) is 14.2. The van der Waals surface area contributed by atoms with Gasteiger partial charge < -0.3 is 14.8 Å². The predicted molar refractivity (Wildman–Crippen MR) is 80.4 cm³/mol. The third-order valence-electron chi connectivity index (χ3n) is 4.58. The largest absolute Gasteiger partial charge is 0.492 e. The first-order valence-corrected chi connectivity index (χ1v) is 7.68. The molecule has 20 heavy (non-hydrogen) atoms. The lowest BCUT2D eigenvalue weighted by Gasteiger charge is -2.31. The quantitative estimate of drug-likeness (QED) is 0.919. The average molecular weight is 275 g/mol. The zero-order valence-corrected chi connectivity index (χ0v) is 12.7. The van der Waals surface area contributed by atoms with E-state index in [1.165, 1.54) is 24.0 Å². The van der Waals surface area contributed by atoms with Gasteiger partial charge in [-0.05, 0) is 44.0 Å². The van der Waals surface area contributed by atoms with Crippen LogP contribution in [0.4, 0.5) is 0 Å². The van der Waals surface area contributed by atoms with Crippen molar-refractivity contribution >= 4 is 0 Å². The van der Waals surface area contributed by atoms with E-state index in [2.05, 4.69) is 37.4 Å². The van der Waals surface area contributed by atoms with Gasteiger partial charge in [-0.25, -0.2) is 0 Å². The molecular formula is C17H25NO2. The second kappa shape index (κ2) is 5.38. The second-order valence-corrected chi connectivity index (χ2v) is 6.60. The lowest BCUT2D eigenvalue weighted by molar-refractivity contribution is -0.00664. The molecule has 1 fully saturated rings. The lowest BCUT2D eigenvalue weighted by atomic mass is 9.84. The summed E-state index contributed by atoms with van der Waals surface area (Å²) in [7, 11) is 2.03. The molecule has 1 saturated heterocycles. The summed E-state index contributed by atoms with van der Waals surface area (Å²) in [6, 6.07) is 6.88. The molecule has 2 aliphatic rings. The van der Waals surface area contributed by atoms with Crippen molar-refractivity contribution < 1.29 is 9.47 Å². The van der Waals surface area contributed by atoms with E-state index in [0.29, 0.717) is 0 Å². The molecule has 2 aliphatic heterocycles. The van der Waals surface area contributed by atoms with Crippen molar-refractivity contribution in [3.8, 4) is 5.75 Å². The Morgan fingerprint density at radius 1 is 1.30 bits per heavy atom. The molecule has 0 saturated carbocycles. The molecule has 1 N–H and O–H groups in total. The molecule has 3 rings (SSSR count). The highest BCUT2D eigenvalue weighted by Crippen LogP contribution is 2.40. The molecule has 0 spiro atoms. The van der Waals surface area contributed by atoms with Crippen LogP contribution in [0.1, 0.15) is 50.3 Å². The summed E-state index contributed by atoms with van der Waals surface area (Å²) in [5.74, 6) is 1.04. The van der Waals surface area contributed by atoms with Crippen LogP contribution in [0.2, 0.25) is 0 Å². The molecule has 0 amide bonds. The number of likely N-dealkylation sites (N-methyl/N-ethyl adjacent to an activating group) is 1. The molecule has 0 radical (unpaired) electrons. The van der Waals surface area contributed by atoms with Crippen molar-refractivity contribution in [3.63, 3.8) is 0 Å². The monoisotopic (exact) mass is 275 g/mol. The van der Waals surface area contributed by atoms with Crippen LogP contribution in [0, 0.1) is 0 Å². The fourth-order valence-electron chi connectivity index (χ4n) is 3.33. The molecule has 3 nitrogen and oxygen atoms in total. The predicted octanol–water partition coefficient (Wildman–Crippen LogP) is 3.19. The highest BCUT2D eigenvalue weighted by Gasteiger charge is 2.33. The summed E-state index contributed by atoms with van der Waals surface area (Å²) in [6.07, 6.45) is 3.89. The van der Waals surface area contributed by atoms with Crippen LogP contribution in [-0.4, -0.2) is 26.4 Å². The Morgan fingerprint density at radius 2 is 2.15 bits per heavy atom. The van der Waals surface area contributed by atoms with Crippen molar-refractivity contribution in [2.45, 2.75) is 50.7 Å². The van der Waals surface area contributed by atoms with Gasteiger partial charge in [0.1, 0.15) is 5.75 Å². The molecule has 2 unspecified atom stereocenters. The van der Waals surface area contributed by atoms with E-state index in [0.717, 1.165) is 25.4 Å². The number of ether oxygens (including phenoxy) is 2. The van der Waals surface area contributed by atoms with E-state index < -0.39 is 0 Å². The van der Waals surface area contributed by atoms with Gasteiger partial charge in [0.05, 0.1) is 18.8 Å². The molecule has 2 heterocycles. The maximum atomic E-state index is 5.96. The van der Waals surface area contributed by atoms with Crippen molar-refractivity contribution in [2.24, 2.45) is 0 Å². The van der Waals surface area contributed by atoms with E-state index in [1.807, 2.05) is 7.05 Å². The van der Waals surface area contributed by atoms with Crippen molar-refractivity contribution in [3.05, 3.63) is 29.3 Å². The summed E-state index contributed by atoms with van der Waals surface area (Å²) in [5, 5.41) is 3.44. The van der Waals surface area contributed by atoms with E-state index in [9.17, 15) is 0 Å². The second-order valence-electron chi connectivity index (χ2n) is 6.60. The topological polar surface area (TPSA) is 30.5 Å². The standard InChI is InChI=1S/C17H25NO2/c1-17(2)11-20-14-8-7-12(10-13(14)17)16(18-3)15-6-4-5-9-19-15/h7-8,10,15-16,18H,4-6,9,11H2,1-3H3. The molecule has 2 atom stereocenters. The van der Waals surface area contributed by atoms with Gasteiger partial charge in [0.25, 0.3) is 0 Å². The third-order valence-corrected chi connectivity index (χ3v) is 4.58. The van der Waals surface area contributed by atoms with Gasteiger partial charge in [0.2, 0.25) is 0 Å². The fourth-order valence-corrected chi connectivity index (χ4v) is 3.33. The van der Waals surface area contributed by atoms with E-state index in [-0.39, 0.29) is 17.6 Å². The molecule has 1 aromatic carbocycles. The number of hydrogen-bond acceptors (Lipinski definition) is 3. The van der Waals surface area contributed by atoms with Crippen LogP contribution >= 0.6 is 0 Å². The number of fused-ring (bicyclic) bond motifs is 1. The lowest BCUT2D eigenvalue weighted by Crippen LogP contribution is -2.34. The van der Waals surface area contributed by atoms with Crippen molar-refractivity contribution in [2.75, 3.05) is 20.3 Å². The van der Waals surface area contributed by atoms with Gasteiger partial charge in [-0.15, -0.1) is 0 Å². The number of hydrogen-bond donors (Lipinski definition) is 1. The Labute approximate surface area is 121 Å². The van der Waals surface area contributed by atoms with Crippen molar-refractivity contribution in [1.29, 1.82) is 0 Å². The van der Waals surface area contributed by atoms with Crippen LogP contribution in [0.15, 0.2) is 18.2 Å². The van der Waals surface area contributed by atoms with Crippen LogP contribution < -0.4 is 10.1 Å². The number of rotatable bonds is 3. The highest BCUT2D eigenvalue weighted by atomic mass is 16.5. The first-order chi connectivity index (χ1) is 9.62. The van der Waals surface area contributed by atoms with Crippen LogP contribution in [-0.2, 0) is 10.2 Å². The van der Waals surface area contributed by atoms with Crippen LogP contribution in [0.5, 0.6) is 5.75 Å². The van der Waals surface area contributed by atoms with Crippen LogP contribution in [0.25, 0.3) is 0 Å². The van der Waals surface area contributed by atoms with Gasteiger partial charge in [0, 0.05) is 17.6 Å². The summed E-state index contributed by atoms with van der Waals surface area (Å²) in [4.78, 5) is 0. The van der Waals surface area contributed by atoms with Gasteiger partial charge >= 0.3 is 0 Å². The van der Waals surface area contributed by atoms with Crippen molar-refractivity contribution in [1.82, 2.24) is 5.32 Å². The Balaban J connectivity index is 1.89. The first-order valence-electron chi connectivity index (χ1n) is 7.68. The zero-order valence-electron chi connectivity index (χ0n) is 12.7. The minimum Gasteiger partial charge on any atom is -0.492 e. The van der Waals surface area contributed by atoms with Crippen LogP contribution in [0.3, 0.4) is 0 Å². The van der Waals surface area contributed by atoms with Gasteiger partial charge in [0.15, 0.2) is 0 Å². The molecule has 110 valence electrons. The molecule has 0 aliphatic carbocycles. The Kier molecular flexibility index (Phi) is 3.74. The maximum absolute atomic E-state index is 5.96. The minimum atomic E-state index is 0.108. The van der Waals surface area contributed by atoms with Gasteiger partial charge in [-0.1, -0.05) is 19.9 Å². The first kappa shape index (κ1) is 13.9. The highest BCUT2D eigenvalue weighted by molar-refractivity contribution is 5.46. The van der Waals surface area contributed by atoms with Gasteiger partial charge in [-0.2, -0.15) is 0 Å². The SMILES string of the molecule is CNC(c1ccc2c(c1)C(C)(C)CO2)C1CCCCO1. The number of benzene rings is 1. The van der Waals surface area contributed by atoms with E-state index >= 15 is 0 Å². The van der Waals surface area contributed by atoms with E-state index in [1.54, 1.807) is 0 Å². The van der Waals surface area contributed by atoms with E-state index in [4.69, 9.17) is 9.47 Å². The molecule has 1 aromatic rings. The summed E-state index contributed by atoms with van der Waals surface area (Å²) < 4.78 is 11.7. The maximum Gasteiger partial charge on any atom is 0.123 e. The smallest absolute Gasteiger partial charge is 0.123 e. The number of nitrogens with one attached hydrogen (secondary N) is 1. The third kappa shape index (κ3) is 2.45. The molecular weight excluding hydrogens is 250 g/mol.